The maximum absolute atomic E-state index is 12.0. The topological polar surface area (TPSA) is 60.5 Å². The van der Waals surface area contributed by atoms with Crippen LogP contribution in [-0.2, 0) is 16.0 Å². The van der Waals surface area contributed by atoms with Crippen LogP contribution in [0.25, 0.3) is 10.6 Å². The molecule has 1 aliphatic heterocycles. The van der Waals surface area contributed by atoms with Gasteiger partial charge in [-0.2, -0.15) is 0 Å². The molecule has 2 heterocycles. The summed E-state index contributed by atoms with van der Waals surface area (Å²) in [6.07, 6.45) is 2.58. The minimum atomic E-state index is -0.00552. The van der Waals surface area contributed by atoms with E-state index in [1.165, 1.54) is 0 Å². The Morgan fingerprint density at radius 2 is 2.25 bits per heavy atom. The molecule has 0 aliphatic carbocycles. The van der Waals surface area contributed by atoms with Crippen LogP contribution >= 0.6 is 11.3 Å². The number of carbonyl (C=O) groups is 1. The molecule has 1 aromatic carbocycles. The van der Waals surface area contributed by atoms with Gasteiger partial charge in [-0.25, -0.2) is 4.98 Å². The van der Waals surface area contributed by atoms with Crippen molar-refractivity contribution in [3.05, 3.63) is 35.3 Å². The summed E-state index contributed by atoms with van der Waals surface area (Å²) in [5, 5.41) is 5.79. The number of amides is 1. The molecule has 2 aromatic rings. The number of carbonyl (C=O) groups excluding carboxylic acids is 1. The molecule has 1 unspecified atom stereocenters. The Kier molecular flexibility index (Phi) is 5.82. The fraction of sp³-hybridized carbons (Fsp3) is 0.444. The number of aromatic nitrogens is 1. The second kappa shape index (κ2) is 8.26. The summed E-state index contributed by atoms with van der Waals surface area (Å²) in [6.45, 7) is 4.01. The molecule has 3 rings (SSSR count). The molecular formula is C18H22N2O3S. The van der Waals surface area contributed by atoms with Crippen LogP contribution in [0.15, 0.2) is 29.6 Å². The van der Waals surface area contributed by atoms with E-state index in [-0.39, 0.29) is 12.0 Å². The van der Waals surface area contributed by atoms with Gasteiger partial charge in [-0.05, 0) is 44.0 Å². The third kappa shape index (κ3) is 4.55. The average Bonchev–Trinajstić information content (AvgIpc) is 3.26. The van der Waals surface area contributed by atoms with Crippen molar-refractivity contribution in [2.24, 2.45) is 0 Å². The van der Waals surface area contributed by atoms with E-state index in [2.05, 4.69) is 10.3 Å². The summed E-state index contributed by atoms with van der Waals surface area (Å²) in [5.74, 6) is 0.848. The van der Waals surface area contributed by atoms with Crippen molar-refractivity contribution in [1.82, 2.24) is 10.3 Å². The van der Waals surface area contributed by atoms with E-state index >= 15 is 0 Å². The van der Waals surface area contributed by atoms with Crippen molar-refractivity contribution < 1.29 is 14.3 Å². The first-order chi connectivity index (χ1) is 11.7. The van der Waals surface area contributed by atoms with E-state index in [0.29, 0.717) is 19.6 Å². The Morgan fingerprint density at radius 1 is 1.42 bits per heavy atom. The van der Waals surface area contributed by atoms with Gasteiger partial charge in [0.1, 0.15) is 10.8 Å². The van der Waals surface area contributed by atoms with Crippen molar-refractivity contribution in [1.29, 1.82) is 0 Å². The maximum Gasteiger partial charge on any atom is 0.226 e. The van der Waals surface area contributed by atoms with Gasteiger partial charge in [0, 0.05) is 24.1 Å². The van der Waals surface area contributed by atoms with E-state index < -0.39 is 0 Å². The monoisotopic (exact) mass is 346 g/mol. The first-order valence-electron chi connectivity index (χ1n) is 8.30. The minimum absolute atomic E-state index is 0.00552. The summed E-state index contributed by atoms with van der Waals surface area (Å²) < 4.78 is 10.9. The highest BCUT2D eigenvalue weighted by molar-refractivity contribution is 7.13. The van der Waals surface area contributed by atoms with Gasteiger partial charge in [0.15, 0.2) is 0 Å². The van der Waals surface area contributed by atoms with Crippen molar-refractivity contribution in [2.45, 2.75) is 32.3 Å². The molecular weight excluding hydrogens is 324 g/mol. The molecule has 0 bridgehead atoms. The third-order valence-corrected chi connectivity index (χ3v) is 4.80. The molecule has 0 saturated carbocycles. The van der Waals surface area contributed by atoms with Crippen molar-refractivity contribution >= 4 is 17.2 Å². The highest BCUT2D eigenvalue weighted by atomic mass is 32.1. The number of hydrogen-bond acceptors (Lipinski definition) is 5. The van der Waals surface area contributed by atoms with Crippen LogP contribution in [0.5, 0.6) is 5.75 Å². The number of nitrogens with zero attached hydrogens (tertiary/aromatic N) is 1. The molecule has 0 spiro atoms. The molecule has 128 valence electrons. The fourth-order valence-electron chi connectivity index (χ4n) is 2.64. The molecule has 6 heteroatoms. The number of nitrogens with one attached hydrogen (secondary N) is 1. The number of thiazole rings is 1. The van der Waals surface area contributed by atoms with Gasteiger partial charge >= 0.3 is 0 Å². The van der Waals surface area contributed by atoms with Crippen LogP contribution in [0.3, 0.4) is 0 Å². The van der Waals surface area contributed by atoms with Crippen LogP contribution in [0.1, 0.15) is 25.5 Å². The molecule has 1 fully saturated rings. The van der Waals surface area contributed by atoms with Crippen LogP contribution in [0, 0.1) is 0 Å². The van der Waals surface area contributed by atoms with E-state index in [0.717, 1.165) is 41.5 Å². The molecule has 0 radical (unpaired) electrons. The molecule has 24 heavy (non-hydrogen) atoms. The van der Waals surface area contributed by atoms with Crippen LogP contribution in [0.4, 0.5) is 0 Å². The van der Waals surface area contributed by atoms with E-state index in [9.17, 15) is 4.79 Å². The largest absolute Gasteiger partial charge is 0.494 e. The number of ether oxygens (including phenoxy) is 2. The van der Waals surface area contributed by atoms with Crippen LogP contribution in [0.2, 0.25) is 0 Å². The van der Waals surface area contributed by atoms with E-state index in [4.69, 9.17) is 9.47 Å². The number of hydrogen-bond donors (Lipinski definition) is 1. The highest BCUT2D eigenvalue weighted by Gasteiger charge is 2.16. The van der Waals surface area contributed by atoms with Gasteiger partial charge < -0.3 is 14.8 Å². The first kappa shape index (κ1) is 16.9. The van der Waals surface area contributed by atoms with Gasteiger partial charge in [-0.15, -0.1) is 11.3 Å². The van der Waals surface area contributed by atoms with E-state index in [1.54, 1.807) is 11.3 Å². The van der Waals surface area contributed by atoms with Crippen LogP contribution < -0.4 is 10.1 Å². The fourth-order valence-corrected chi connectivity index (χ4v) is 3.47. The Labute approximate surface area is 146 Å². The van der Waals surface area contributed by atoms with Crippen molar-refractivity contribution in [2.75, 3.05) is 19.8 Å². The molecule has 5 nitrogen and oxygen atoms in total. The summed E-state index contributed by atoms with van der Waals surface area (Å²) in [5.41, 5.74) is 1.84. The minimum Gasteiger partial charge on any atom is -0.494 e. The lowest BCUT2D eigenvalue weighted by Crippen LogP contribution is -2.32. The summed E-state index contributed by atoms with van der Waals surface area (Å²) in [4.78, 5) is 16.6. The predicted molar refractivity (Wildman–Crippen MR) is 94.4 cm³/mol. The third-order valence-electron chi connectivity index (χ3n) is 3.86. The Morgan fingerprint density at radius 3 is 2.96 bits per heavy atom. The Bertz CT molecular complexity index is 663. The second-order valence-corrected chi connectivity index (χ2v) is 6.58. The standard InChI is InChI=1S/C18H22N2O3S/c1-2-22-15-7-5-13(6-8-15)18-20-14(12-24-18)10-17(21)19-11-16-4-3-9-23-16/h5-8,12,16H,2-4,9-11H2,1H3,(H,19,21). The van der Waals surface area contributed by atoms with Gasteiger partial charge in [0.25, 0.3) is 0 Å². The molecule has 1 aromatic heterocycles. The molecule has 1 N–H and O–H groups in total. The average molecular weight is 346 g/mol. The zero-order valence-electron chi connectivity index (χ0n) is 13.8. The van der Waals surface area contributed by atoms with Gasteiger partial charge in [-0.3, -0.25) is 4.79 Å². The molecule has 1 atom stereocenters. The highest BCUT2D eigenvalue weighted by Crippen LogP contribution is 2.26. The molecule has 1 amide bonds. The second-order valence-electron chi connectivity index (χ2n) is 5.72. The molecule has 1 aliphatic rings. The van der Waals surface area contributed by atoms with Crippen molar-refractivity contribution in [3.8, 4) is 16.3 Å². The lowest BCUT2D eigenvalue weighted by Gasteiger charge is -2.09. The lowest BCUT2D eigenvalue weighted by molar-refractivity contribution is -0.121. The Hall–Kier alpha value is -1.92. The Balaban J connectivity index is 1.53. The number of benzene rings is 1. The SMILES string of the molecule is CCOc1ccc(-c2nc(CC(=O)NCC3CCCO3)cs2)cc1. The van der Waals surface area contributed by atoms with E-state index in [1.807, 2.05) is 36.6 Å². The van der Waals surface area contributed by atoms with Gasteiger partial charge in [0.2, 0.25) is 5.91 Å². The maximum atomic E-state index is 12.0. The normalized spacial score (nSPS) is 17.0. The first-order valence-corrected chi connectivity index (χ1v) is 9.18. The zero-order valence-corrected chi connectivity index (χ0v) is 14.6. The summed E-state index contributed by atoms with van der Waals surface area (Å²) in [6, 6.07) is 7.86. The van der Waals surface area contributed by atoms with Gasteiger partial charge in [0.05, 0.1) is 24.8 Å². The number of rotatable bonds is 7. The van der Waals surface area contributed by atoms with Gasteiger partial charge in [-0.1, -0.05) is 0 Å². The summed E-state index contributed by atoms with van der Waals surface area (Å²) >= 11 is 1.55. The quantitative estimate of drug-likeness (QED) is 0.837. The molecule has 1 saturated heterocycles. The van der Waals surface area contributed by atoms with Crippen molar-refractivity contribution in [3.63, 3.8) is 0 Å². The summed E-state index contributed by atoms with van der Waals surface area (Å²) in [7, 11) is 0. The van der Waals surface area contributed by atoms with Crippen LogP contribution in [-0.4, -0.2) is 36.8 Å². The zero-order chi connectivity index (χ0) is 16.8. The lowest BCUT2D eigenvalue weighted by atomic mass is 10.2. The smallest absolute Gasteiger partial charge is 0.226 e. The predicted octanol–water partition coefficient (Wildman–Crippen LogP) is 3.05.